The third-order valence-corrected chi connectivity index (χ3v) is 0. The quantitative estimate of drug-likeness (QED) is 0.212. The monoisotopic (exact) mass is 10500 g/mol. The predicted octanol–water partition coefficient (Wildman–Crippen LogP) is -10.8. The molecule has 0 aliphatic carbocycles. The van der Waals surface area contributed by atoms with E-state index in [0.717, 1.165) is 0 Å². The zero-order valence-electron chi connectivity index (χ0n) is 35.7. The van der Waals surface area contributed by atoms with Gasteiger partial charge in [-0.25, -0.2) is 0 Å². The summed E-state index contributed by atoms with van der Waals surface area (Å²) in [5.74, 6) is 0. The van der Waals surface area contributed by atoms with Gasteiger partial charge in [-0.3, -0.25) is 0 Å². The van der Waals surface area contributed by atoms with Gasteiger partial charge in [0.2, 0.25) is 0 Å². The Kier molecular flexibility index (Phi) is 9100. The summed E-state index contributed by atoms with van der Waals surface area (Å²) in [7, 11) is 0. The van der Waals surface area contributed by atoms with Gasteiger partial charge in [-0.2, -0.15) is 0 Å². The Morgan fingerprint density at radius 2 is 0.0300 bits per heavy atom. The van der Waals surface area contributed by atoms with Crippen molar-refractivity contribution >= 4 is 669 Å². The predicted molar refractivity (Wildman–Crippen MR) is 161 cm³/mol. The number of rotatable bonds is 0. The first-order valence-corrected chi connectivity index (χ1v) is 0. The van der Waals surface area contributed by atoms with Crippen molar-refractivity contribution in [2.75, 3.05) is 0 Å². The van der Waals surface area contributed by atoms with Crippen LogP contribution in [0.25, 0.3) is 0 Å². The molecule has 0 fully saturated rings. The first-order chi connectivity index (χ1) is 0. The van der Waals surface area contributed by atoms with E-state index in [0.29, 0.717) is 0 Å². The van der Waals surface area contributed by atoms with Gasteiger partial charge in [-0.1, -0.05) is 0 Å². The minimum absolute atomic E-state index is 0. The molecule has 0 saturated heterocycles. The van der Waals surface area contributed by atoms with E-state index in [2.05, 4.69) is 0 Å². The maximum Gasteiger partial charge on any atom is 0 e. The van der Waals surface area contributed by atoms with Crippen LogP contribution < -0.4 is 0 Å². The van der Waals surface area contributed by atoms with Crippen molar-refractivity contribution in [3.8, 4) is 0 Å². The summed E-state index contributed by atoms with van der Waals surface area (Å²) in [4.78, 5) is 0. The van der Waals surface area contributed by atoms with Gasteiger partial charge in [0.15, 0.2) is 0 Å². The minimum atomic E-state index is 0. The Labute approximate surface area is 2140 Å². The molecule has 0 aromatic carbocycles. The van der Waals surface area contributed by atoms with Crippen molar-refractivity contribution in [2.24, 2.45) is 0 Å². The van der Waals surface area contributed by atoms with Crippen LogP contribution in [-0.4, -0.2) is 669 Å². The Bertz CT molecular complexity index is 135. The van der Waals surface area contributed by atoms with E-state index >= 15 is 0 Å². The van der Waals surface area contributed by atoms with E-state index in [1.165, 1.54) is 0 Å². The fraction of sp³-hybridized carbons (Fsp3) is 0. The Balaban J connectivity index is 0. The maximum absolute atomic E-state index is 0. The van der Waals surface area contributed by atoms with E-state index in [4.69, 9.17) is 0 Å². The van der Waals surface area contributed by atoms with E-state index < -0.39 is 0 Å². The van der Waals surface area contributed by atoms with Crippen LogP contribution >= 0.6 is 0 Å². The third-order valence-electron chi connectivity index (χ3n) is 0. The summed E-state index contributed by atoms with van der Waals surface area (Å²) >= 11 is 0. The van der Waals surface area contributed by atoms with Gasteiger partial charge in [-0.05, 0) is 0 Å². The van der Waals surface area contributed by atoms with Crippen LogP contribution in [0.2, 0.25) is 0 Å². The minimum Gasteiger partial charge on any atom is 0 e. The van der Waals surface area contributed by atoms with Gasteiger partial charge in [-0.15, -0.1) is 0 Å². The molecule has 0 bridgehead atoms. The Morgan fingerprint density at radius 3 is 0.0300 bits per heavy atom. The van der Waals surface area contributed by atoms with Gasteiger partial charge in [0, 0.05) is 2210 Å². The fourth-order valence-electron chi connectivity index (χ4n) is 0. The molecule has 100 heteroatoms. The molecule has 0 atom stereocenters. The van der Waals surface area contributed by atoms with Gasteiger partial charge < -0.3 is 0 Å². The topological polar surface area (TPSA) is 0 Å². The molecule has 0 unspecified atom stereocenters. The molecule has 0 saturated carbocycles. The van der Waals surface area contributed by atoms with Crippen LogP contribution in [0.4, 0.5) is 0 Å². The molecule has 0 aliphatic heterocycles. The zero-order chi connectivity index (χ0) is 0. The van der Waals surface area contributed by atoms with Crippen molar-refractivity contribution in [3.05, 3.63) is 0 Å². The third kappa shape index (κ3) is 929. The molecule has 0 spiro atoms. The summed E-state index contributed by atoms with van der Waals surface area (Å²) in [6.45, 7) is 0. The van der Waals surface area contributed by atoms with Crippen molar-refractivity contribution < 1.29 is 1540 Å². The smallest absolute Gasteiger partial charge is 0 e. The van der Waals surface area contributed by atoms with Crippen LogP contribution in [0.1, 0.15) is 0 Å². The normalized spacial score (nSPS) is 0. The van der Waals surface area contributed by atoms with E-state index in [1.54, 1.807) is 0 Å². The molecule has 0 heterocycles. The molecule has 0 N–H and O–H groups in total. The van der Waals surface area contributed by atoms with Crippen molar-refractivity contribution in [1.29, 1.82) is 0 Å². The summed E-state index contributed by atoms with van der Waals surface area (Å²) in [6.07, 6.45) is 0. The fourth-order valence-corrected chi connectivity index (χ4v) is 0. The molecule has 904 valence electrons. The molecular formula is Ag59Cu13Sn28. The van der Waals surface area contributed by atoms with Crippen molar-refractivity contribution in [1.82, 2.24) is 0 Å². The summed E-state index contributed by atoms with van der Waals surface area (Å²) in [5.41, 5.74) is 0. The Hall–Kier alpha value is 72.8. The van der Waals surface area contributed by atoms with Crippen LogP contribution in [0.15, 0.2) is 0 Å². The van der Waals surface area contributed by atoms with Crippen molar-refractivity contribution in [2.45, 2.75) is 0 Å². The molecule has 0 aliphatic rings. The van der Waals surface area contributed by atoms with Crippen LogP contribution in [0, 0.1) is 0 Å². The van der Waals surface area contributed by atoms with Crippen LogP contribution in [0.5, 0.6) is 0 Å². The first kappa shape index (κ1) is 962. The van der Waals surface area contributed by atoms with Gasteiger partial charge in [0.25, 0.3) is 0 Å². The SMILES string of the molecule is [Ag].[Ag].[Ag].[Ag].[Ag].[Ag].[Ag].[Ag].[Ag].[Ag].[Ag].[Ag].[Ag].[Ag].[Ag].[Ag].[Ag].[Ag].[Ag].[Ag].[Ag].[Ag].[Ag].[Ag].[Ag].[Ag].[Ag].[Ag].[Ag].[Ag].[Ag].[Ag].[Ag].[Ag].[Ag].[Ag].[Ag].[Ag].[Ag].[Ag].[Ag].[Ag].[Ag].[Ag].[Ag].[Ag].[Ag].[Ag].[Ag].[Ag].[Ag].[Ag].[Ag].[Ag].[Ag].[Ag].[Ag].[Ag].[Ag].[Cu].[Cu].[Cu].[Cu].[Cu].[Cu].[Cu].[Cu].[Cu].[Cu].[Cu].[Cu].[Cu].[Sn].[Sn].[Sn].[Sn].[Sn].[Sn].[Sn].[Sn].[Sn].[Sn].[Sn].[Sn].[Sn].[Sn].[Sn].[Sn].[Sn].[Sn].[Sn].[Sn].[Sn].[Sn].[Sn].[Sn].[Sn].[Sn].[Sn].[Sn]. The molecule has 0 aromatic heterocycles. The van der Waals surface area contributed by atoms with E-state index in [1.807, 2.05) is 0 Å². The van der Waals surface area contributed by atoms with Gasteiger partial charge in [0.1, 0.15) is 0 Å². The average Bonchev–Trinajstić information content (AvgIpc) is 0. The standard InChI is InChI=1S/59Ag.13Cu.28Sn. The summed E-state index contributed by atoms with van der Waals surface area (Å²) in [6, 6.07) is 0. The first-order valence-electron chi connectivity index (χ1n) is 0. The number of hydrogen-bond acceptors (Lipinski definition) is 0. The Morgan fingerprint density at radius 1 is 0.0300 bits per heavy atom. The zero-order valence-corrected chi connectivity index (χ0v) is 215. The van der Waals surface area contributed by atoms with E-state index in [-0.39, 0.29) is 2210 Å². The van der Waals surface area contributed by atoms with Gasteiger partial charge in [0.05, 0.1) is 0 Å². The average molecular weight is 10500 g/mol. The molecule has 0 amide bonds. The van der Waals surface area contributed by atoms with E-state index in [9.17, 15) is 0 Å². The molecule has 0 aromatic rings. The maximum atomic E-state index is 0. The van der Waals surface area contributed by atoms with Crippen LogP contribution in [0.3, 0.4) is 0 Å². The summed E-state index contributed by atoms with van der Waals surface area (Å²) < 4.78 is 0. The largest absolute Gasteiger partial charge is 0 e. The second kappa shape index (κ2) is 946. The molecule has 100 heavy (non-hydrogen) atoms. The second-order valence-electron chi connectivity index (χ2n) is 0. The molecule has 0 nitrogen and oxygen atoms in total. The van der Waals surface area contributed by atoms with Crippen LogP contribution in [-0.2, 0) is 1540 Å². The molecule has 184 radical (unpaired) electrons. The summed E-state index contributed by atoms with van der Waals surface area (Å²) in [5, 5.41) is 0. The molecule has 0 rings (SSSR count). The van der Waals surface area contributed by atoms with Crippen molar-refractivity contribution in [3.63, 3.8) is 0 Å². The van der Waals surface area contributed by atoms with Gasteiger partial charge >= 0.3 is 0 Å². The number of hydrogen-bond donors (Lipinski definition) is 0. The molecular weight excluding hydrogens is 10500 g/mol. The second-order valence-corrected chi connectivity index (χ2v) is 0.